The Balaban J connectivity index is 0.981. The zero-order valence-corrected chi connectivity index (χ0v) is 31.1. The number of aromatic amines is 1. The zero-order chi connectivity index (χ0) is 37.9. The van der Waals surface area contributed by atoms with Crippen LogP contribution in [-0.4, -0.2) is 124 Å². The van der Waals surface area contributed by atoms with Crippen molar-refractivity contribution in [1.29, 1.82) is 0 Å². The van der Waals surface area contributed by atoms with Gasteiger partial charge >= 0.3 is 17.9 Å². The Hall–Kier alpha value is -4.34. The van der Waals surface area contributed by atoms with Crippen molar-refractivity contribution in [2.45, 2.75) is 74.9 Å². The number of para-hydroxylation sites is 1. The lowest BCUT2D eigenvalue weighted by Crippen LogP contribution is -2.57. The normalized spacial score (nSPS) is 22.4. The molecule has 12 nitrogen and oxygen atoms in total. The van der Waals surface area contributed by atoms with Crippen LogP contribution < -0.4 is 16.3 Å². The number of imidazole rings is 1. The van der Waals surface area contributed by atoms with Gasteiger partial charge in [-0.1, -0.05) is 29.8 Å². The summed E-state index contributed by atoms with van der Waals surface area (Å²) in [6.07, 6.45) is 0.587. The first-order valence-electron chi connectivity index (χ1n) is 18.7. The Morgan fingerprint density at radius 1 is 0.981 bits per heavy atom. The maximum atomic E-state index is 14.2. The number of piperidine rings is 2. The topological polar surface area (TPSA) is 122 Å². The highest BCUT2D eigenvalue weighted by molar-refractivity contribution is 6.33. The van der Waals surface area contributed by atoms with Crippen LogP contribution in [0, 0.1) is 0 Å². The first kappa shape index (κ1) is 36.6. The number of nitrogens with one attached hydrogen (secondary N) is 3. The lowest BCUT2D eigenvalue weighted by Gasteiger charge is -2.42. The minimum atomic E-state index is -4.69. The molecule has 3 N–H and O–H groups in total. The standard InChI is InChI=1S/C38H45ClF3N9O3/c1-43-34-28(38(40,41)42)15-22(16-29(34)39)17-31(35(52)48-11-7-23(8-12-48)50-21-25-18-26(50)20-47(25)2)45-36(53)49-13-9-24(10-14-49)51-32-19-44-30-6-4-3-5-27(30)33(32)46-37(51)54/h3-6,15-16,19,23-26,31,43H,7-14,17-18,20-21H2,1-2H3,(H,45,53)(H,46,54). The predicted molar refractivity (Wildman–Crippen MR) is 201 cm³/mol. The van der Waals surface area contributed by atoms with Crippen LogP contribution in [0.4, 0.5) is 23.7 Å². The summed E-state index contributed by atoms with van der Waals surface area (Å²) >= 11 is 6.33. The molecule has 2 aromatic heterocycles. The number of H-pyrrole nitrogens is 1. The molecular formula is C38H45ClF3N9O3. The SMILES string of the molecule is CNc1c(Cl)cc(CC(NC(=O)N2CCC(n3c(=O)[nH]c4c5ccccc5ncc43)CC2)C(=O)N2CCC(N3CC4CC3CN4C)CC2)cc1C(F)(F)F. The summed E-state index contributed by atoms with van der Waals surface area (Å²) in [4.78, 5) is 57.2. The molecule has 54 heavy (non-hydrogen) atoms. The minimum absolute atomic E-state index is 0.121. The van der Waals surface area contributed by atoms with E-state index in [1.54, 1.807) is 20.6 Å². The highest BCUT2D eigenvalue weighted by Gasteiger charge is 2.45. The summed E-state index contributed by atoms with van der Waals surface area (Å²) < 4.78 is 44.0. The molecule has 4 saturated heterocycles. The second-order valence-electron chi connectivity index (χ2n) is 15.2. The molecule has 0 saturated carbocycles. The summed E-state index contributed by atoms with van der Waals surface area (Å²) in [7, 11) is 3.54. The number of likely N-dealkylation sites (N-methyl/N-ethyl adjacent to an activating group) is 1. The van der Waals surface area contributed by atoms with Gasteiger partial charge < -0.3 is 30.3 Å². The highest BCUT2D eigenvalue weighted by atomic mass is 35.5. The third kappa shape index (κ3) is 6.79. The van der Waals surface area contributed by atoms with Crippen molar-refractivity contribution >= 4 is 51.2 Å². The van der Waals surface area contributed by atoms with Gasteiger partial charge in [0.05, 0.1) is 39.0 Å². The van der Waals surface area contributed by atoms with Crippen LogP contribution in [0.25, 0.3) is 21.9 Å². The molecular weight excluding hydrogens is 723 g/mol. The lowest BCUT2D eigenvalue weighted by atomic mass is 9.98. The van der Waals surface area contributed by atoms with E-state index in [1.165, 1.54) is 19.5 Å². The molecule has 3 unspecified atom stereocenters. The first-order valence-corrected chi connectivity index (χ1v) is 19.1. The van der Waals surface area contributed by atoms with E-state index in [-0.39, 0.29) is 40.3 Å². The largest absolute Gasteiger partial charge is 0.418 e. The predicted octanol–water partition coefficient (Wildman–Crippen LogP) is 4.93. The van der Waals surface area contributed by atoms with Crippen LogP contribution in [0.2, 0.25) is 5.02 Å². The van der Waals surface area contributed by atoms with Gasteiger partial charge in [-0.15, -0.1) is 0 Å². The van der Waals surface area contributed by atoms with E-state index in [0.717, 1.165) is 42.9 Å². The summed E-state index contributed by atoms with van der Waals surface area (Å²) in [6.45, 7) is 3.72. The van der Waals surface area contributed by atoms with Crippen LogP contribution in [0.3, 0.4) is 0 Å². The van der Waals surface area contributed by atoms with Crippen LogP contribution >= 0.6 is 11.6 Å². The molecule has 0 aliphatic carbocycles. The molecule has 0 spiro atoms. The molecule has 3 amide bonds. The number of rotatable bonds is 7. The van der Waals surface area contributed by atoms with Gasteiger partial charge in [0.1, 0.15) is 6.04 Å². The number of hydrogen-bond donors (Lipinski definition) is 3. The molecule has 4 fully saturated rings. The summed E-state index contributed by atoms with van der Waals surface area (Å²) in [5.41, 5.74) is 0.954. The van der Waals surface area contributed by atoms with Crippen LogP contribution in [0.1, 0.15) is 49.3 Å². The Labute approximate surface area is 315 Å². The molecule has 288 valence electrons. The molecule has 6 heterocycles. The molecule has 2 bridgehead atoms. The monoisotopic (exact) mass is 767 g/mol. The molecule has 2 aromatic carbocycles. The second kappa shape index (κ2) is 14.4. The summed E-state index contributed by atoms with van der Waals surface area (Å²) in [5.74, 6) is -0.327. The summed E-state index contributed by atoms with van der Waals surface area (Å²) in [6, 6.07) is 9.71. The van der Waals surface area contributed by atoms with E-state index >= 15 is 0 Å². The van der Waals surface area contributed by atoms with Gasteiger partial charge in [0.15, 0.2) is 0 Å². The van der Waals surface area contributed by atoms with Crippen molar-refractivity contribution in [2.75, 3.05) is 58.7 Å². The van der Waals surface area contributed by atoms with Gasteiger partial charge in [-0.3, -0.25) is 19.2 Å². The minimum Gasteiger partial charge on any atom is -0.386 e. The number of anilines is 1. The molecule has 4 aromatic rings. The first-order chi connectivity index (χ1) is 25.9. The van der Waals surface area contributed by atoms with Crippen LogP contribution in [0.5, 0.6) is 0 Å². The maximum absolute atomic E-state index is 14.2. The highest BCUT2D eigenvalue weighted by Crippen LogP contribution is 2.40. The van der Waals surface area contributed by atoms with Crippen LogP contribution in [-0.2, 0) is 17.4 Å². The van der Waals surface area contributed by atoms with Gasteiger partial charge in [-0.05, 0) is 62.9 Å². The number of piperazine rings is 1. The Morgan fingerprint density at radius 3 is 2.35 bits per heavy atom. The van der Waals surface area contributed by atoms with Crippen molar-refractivity contribution in [3.8, 4) is 0 Å². The molecule has 0 radical (unpaired) electrons. The number of carbonyl (C=O) groups excluding carboxylic acids is 2. The number of fused-ring (bicyclic) bond motifs is 5. The lowest BCUT2D eigenvalue weighted by molar-refractivity contribution is -0.137. The van der Waals surface area contributed by atoms with Gasteiger partial charge in [0.2, 0.25) is 5.91 Å². The molecule has 4 aliphatic heterocycles. The van der Waals surface area contributed by atoms with Crippen molar-refractivity contribution in [1.82, 2.24) is 39.5 Å². The fourth-order valence-corrected chi connectivity index (χ4v) is 9.66. The van der Waals surface area contributed by atoms with E-state index in [2.05, 4.69) is 37.4 Å². The van der Waals surface area contributed by atoms with E-state index in [9.17, 15) is 27.6 Å². The van der Waals surface area contributed by atoms with Crippen molar-refractivity contribution < 1.29 is 22.8 Å². The molecule has 4 aliphatic rings. The maximum Gasteiger partial charge on any atom is 0.418 e. The zero-order valence-electron chi connectivity index (χ0n) is 30.3. The Bertz CT molecular complexity index is 2120. The van der Waals surface area contributed by atoms with E-state index < -0.39 is 23.8 Å². The van der Waals surface area contributed by atoms with Gasteiger partial charge in [-0.2, -0.15) is 13.2 Å². The third-order valence-corrected chi connectivity index (χ3v) is 12.4. The number of pyridine rings is 1. The number of nitrogens with zero attached hydrogens (tertiary/aromatic N) is 6. The van der Waals surface area contributed by atoms with Crippen LogP contribution in [0.15, 0.2) is 47.4 Å². The number of likely N-dealkylation sites (tertiary alicyclic amines) is 4. The summed E-state index contributed by atoms with van der Waals surface area (Å²) in [5, 5.41) is 6.16. The third-order valence-electron chi connectivity index (χ3n) is 12.1. The smallest absolute Gasteiger partial charge is 0.386 e. The fraction of sp³-hybridized carbons (Fsp3) is 0.526. The molecule has 3 atom stereocenters. The second-order valence-corrected chi connectivity index (χ2v) is 15.7. The van der Waals surface area contributed by atoms with E-state index in [0.29, 0.717) is 68.2 Å². The van der Waals surface area contributed by atoms with Crippen molar-refractivity contribution in [3.63, 3.8) is 0 Å². The van der Waals surface area contributed by atoms with Gasteiger partial charge in [0.25, 0.3) is 0 Å². The average molecular weight is 768 g/mol. The number of amides is 3. The number of hydrogen-bond acceptors (Lipinski definition) is 7. The number of halogens is 4. The van der Waals surface area contributed by atoms with Crippen molar-refractivity contribution in [2.24, 2.45) is 0 Å². The Kier molecular flexibility index (Phi) is 9.76. The number of benzene rings is 2. The average Bonchev–Trinajstić information content (AvgIpc) is 3.85. The van der Waals surface area contributed by atoms with Crippen molar-refractivity contribution in [3.05, 3.63) is 69.2 Å². The molecule has 8 rings (SSSR count). The quantitative estimate of drug-likeness (QED) is 0.244. The molecule has 16 heteroatoms. The number of aromatic nitrogens is 3. The number of alkyl halides is 3. The Morgan fingerprint density at radius 2 is 1.69 bits per heavy atom. The van der Waals surface area contributed by atoms with E-state index in [1.807, 2.05) is 24.3 Å². The number of carbonyl (C=O) groups is 2. The van der Waals surface area contributed by atoms with Gasteiger partial charge in [-0.25, -0.2) is 9.59 Å². The number of urea groups is 1. The fourth-order valence-electron chi connectivity index (χ4n) is 9.33. The van der Waals surface area contributed by atoms with Gasteiger partial charge in [0, 0.05) is 82.3 Å². The van der Waals surface area contributed by atoms with E-state index in [4.69, 9.17) is 11.6 Å².